The highest BCUT2D eigenvalue weighted by atomic mass is 35.5. The molecule has 0 saturated carbocycles. The lowest BCUT2D eigenvalue weighted by atomic mass is 9.90. The summed E-state index contributed by atoms with van der Waals surface area (Å²) in [7, 11) is 0. The minimum Gasteiger partial charge on any atom is -0.368 e. The summed E-state index contributed by atoms with van der Waals surface area (Å²) in [5.41, 5.74) is 0.0887. The predicted molar refractivity (Wildman–Crippen MR) is 117 cm³/mol. The standard InChI is InChI=1S/C22H22ClF3N6O/c1-14-3-2-10-31(19(14)13-28-20-7-4-15(12-27-20)22(24,25)26)21(33)17-11-16(23)5-6-18(17)32-29-8-9-30-32/h4-9,11-12,14,19H,2-3,10,13H2,1H3,(H,27,28). The van der Waals surface area contributed by atoms with Crippen LogP contribution in [0.3, 0.4) is 0 Å². The first kappa shape index (κ1) is 23.0. The van der Waals surface area contributed by atoms with Crippen molar-refractivity contribution in [3.63, 3.8) is 0 Å². The smallest absolute Gasteiger partial charge is 0.368 e. The molecule has 0 aliphatic carbocycles. The Hall–Kier alpha value is -3.14. The van der Waals surface area contributed by atoms with E-state index in [9.17, 15) is 18.0 Å². The van der Waals surface area contributed by atoms with Gasteiger partial charge >= 0.3 is 6.18 Å². The van der Waals surface area contributed by atoms with E-state index in [1.165, 1.54) is 23.3 Å². The highest BCUT2D eigenvalue weighted by Crippen LogP contribution is 2.30. The number of halogens is 4. The monoisotopic (exact) mass is 478 g/mol. The lowest BCUT2D eigenvalue weighted by molar-refractivity contribution is -0.137. The molecule has 2 unspecified atom stereocenters. The Bertz CT molecular complexity index is 1100. The molecule has 1 fully saturated rings. The zero-order chi connectivity index (χ0) is 23.6. The Balaban J connectivity index is 1.55. The Kier molecular flexibility index (Phi) is 6.55. The maximum atomic E-state index is 13.6. The average Bonchev–Trinajstić information content (AvgIpc) is 3.32. The number of carbonyl (C=O) groups excluding carboxylic acids is 1. The molecule has 0 radical (unpaired) electrons. The van der Waals surface area contributed by atoms with Crippen molar-refractivity contribution in [2.24, 2.45) is 5.92 Å². The zero-order valence-corrected chi connectivity index (χ0v) is 18.5. The molecule has 0 bridgehead atoms. The van der Waals surface area contributed by atoms with Crippen molar-refractivity contribution in [3.05, 3.63) is 65.1 Å². The zero-order valence-electron chi connectivity index (χ0n) is 17.8. The summed E-state index contributed by atoms with van der Waals surface area (Å²) >= 11 is 6.19. The van der Waals surface area contributed by atoms with Crippen LogP contribution in [0.15, 0.2) is 48.9 Å². The second-order valence-corrected chi connectivity index (χ2v) is 8.41. The van der Waals surface area contributed by atoms with E-state index < -0.39 is 11.7 Å². The summed E-state index contributed by atoms with van der Waals surface area (Å²) in [6.07, 6.45) is 1.18. The Morgan fingerprint density at radius 3 is 2.64 bits per heavy atom. The van der Waals surface area contributed by atoms with Gasteiger partial charge in [-0.05, 0) is 49.1 Å². The van der Waals surface area contributed by atoms with E-state index in [4.69, 9.17) is 11.6 Å². The molecule has 1 aromatic carbocycles. The van der Waals surface area contributed by atoms with Crippen LogP contribution in [-0.4, -0.2) is 49.9 Å². The van der Waals surface area contributed by atoms with Gasteiger partial charge in [-0.25, -0.2) is 4.98 Å². The van der Waals surface area contributed by atoms with Crippen LogP contribution in [0.4, 0.5) is 19.0 Å². The third kappa shape index (κ3) is 5.11. The van der Waals surface area contributed by atoms with Crippen molar-refractivity contribution in [3.8, 4) is 5.69 Å². The fraction of sp³-hybridized carbons (Fsp3) is 0.364. The first-order valence-electron chi connectivity index (χ1n) is 10.5. The molecule has 1 N–H and O–H groups in total. The van der Waals surface area contributed by atoms with Crippen molar-refractivity contribution >= 4 is 23.3 Å². The van der Waals surface area contributed by atoms with Gasteiger partial charge in [0.05, 0.1) is 35.2 Å². The molecule has 1 aliphatic rings. The summed E-state index contributed by atoms with van der Waals surface area (Å²) in [5.74, 6) is 0.288. The molecule has 2 atom stereocenters. The van der Waals surface area contributed by atoms with Crippen LogP contribution in [0.5, 0.6) is 0 Å². The number of benzene rings is 1. The van der Waals surface area contributed by atoms with Crippen molar-refractivity contribution in [1.82, 2.24) is 24.9 Å². The van der Waals surface area contributed by atoms with E-state index in [0.717, 1.165) is 25.1 Å². The van der Waals surface area contributed by atoms with Crippen LogP contribution in [0.1, 0.15) is 35.7 Å². The van der Waals surface area contributed by atoms with E-state index in [1.54, 1.807) is 23.1 Å². The number of alkyl halides is 3. The van der Waals surface area contributed by atoms with Crippen LogP contribution >= 0.6 is 11.6 Å². The fourth-order valence-corrected chi connectivity index (χ4v) is 4.21. The van der Waals surface area contributed by atoms with E-state index in [2.05, 4.69) is 27.4 Å². The Labute approximate surface area is 193 Å². The maximum absolute atomic E-state index is 13.6. The summed E-state index contributed by atoms with van der Waals surface area (Å²) in [5, 5.41) is 11.8. The third-order valence-electron chi connectivity index (χ3n) is 5.78. The first-order valence-corrected chi connectivity index (χ1v) is 10.9. The normalized spacial score (nSPS) is 18.9. The van der Waals surface area contributed by atoms with Crippen molar-refractivity contribution < 1.29 is 18.0 Å². The molecular weight excluding hydrogens is 457 g/mol. The number of carbonyl (C=O) groups is 1. The van der Waals surface area contributed by atoms with Crippen LogP contribution in [-0.2, 0) is 6.18 Å². The molecule has 4 rings (SSSR count). The number of hydrogen-bond acceptors (Lipinski definition) is 5. The van der Waals surface area contributed by atoms with Gasteiger partial charge in [0.25, 0.3) is 5.91 Å². The summed E-state index contributed by atoms with van der Waals surface area (Å²) in [6.45, 7) is 2.95. The van der Waals surface area contributed by atoms with E-state index in [1.807, 2.05) is 0 Å². The Morgan fingerprint density at radius 1 is 1.21 bits per heavy atom. The van der Waals surface area contributed by atoms with Gasteiger partial charge in [0.2, 0.25) is 0 Å². The van der Waals surface area contributed by atoms with Crippen LogP contribution in [0.2, 0.25) is 5.02 Å². The minimum absolute atomic E-state index is 0.176. The second kappa shape index (κ2) is 9.38. The molecule has 2 aromatic heterocycles. The van der Waals surface area contributed by atoms with Gasteiger partial charge < -0.3 is 10.2 Å². The molecule has 11 heteroatoms. The first-order chi connectivity index (χ1) is 15.7. The summed E-state index contributed by atoms with van der Waals surface area (Å²) < 4.78 is 38.4. The molecule has 7 nitrogen and oxygen atoms in total. The van der Waals surface area contributed by atoms with E-state index in [0.29, 0.717) is 35.2 Å². The lowest BCUT2D eigenvalue weighted by Gasteiger charge is -2.40. The van der Waals surface area contributed by atoms with Gasteiger partial charge in [-0.3, -0.25) is 4.79 Å². The van der Waals surface area contributed by atoms with Crippen molar-refractivity contribution in [1.29, 1.82) is 0 Å². The molecule has 1 aliphatic heterocycles. The number of amides is 1. The topological polar surface area (TPSA) is 75.9 Å². The number of anilines is 1. The molecule has 0 spiro atoms. The SMILES string of the molecule is CC1CCCN(C(=O)c2cc(Cl)ccc2-n2nccn2)C1CNc1ccc(C(F)(F)F)cn1. The van der Waals surface area contributed by atoms with Gasteiger partial charge in [0, 0.05) is 24.3 Å². The number of nitrogens with zero attached hydrogens (tertiary/aromatic N) is 5. The fourth-order valence-electron chi connectivity index (χ4n) is 4.04. The molecule has 33 heavy (non-hydrogen) atoms. The number of rotatable bonds is 5. The van der Waals surface area contributed by atoms with Crippen LogP contribution in [0.25, 0.3) is 5.69 Å². The number of pyridine rings is 1. The van der Waals surface area contributed by atoms with Gasteiger partial charge in [0.1, 0.15) is 5.82 Å². The highest BCUT2D eigenvalue weighted by Gasteiger charge is 2.34. The highest BCUT2D eigenvalue weighted by molar-refractivity contribution is 6.31. The van der Waals surface area contributed by atoms with Crippen LogP contribution < -0.4 is 5.32 Å². The molecule has 174 valence electrons. The largest absolute Gasteiger partial charge is 0.417 e. The number of likely N-dealkylation sites (tertiary alicyclic amines) is 1. The number of hydrogen-bond donors (Lipinski definition) is 1. The van der Waals surface area contributed by atoms with Gasteiger partial charge in [-0.2, -0.15) is 28.2 Å². The number of nitrogens with one attached hydrogen (secondary N) is 1. The third-order valence-corrected chi connectivity index (χ3v) is 6.02. The average molecular weight is 479 g/mol. The maximum Gasteiger partial charge on any atom is 0.417 e. The molecule has 1 amide bonds. The molecule has 3 heterocycles. The van der Waals surface area contributed by atoms with Gasteiger partial charge in [-0.15, -0.1) is 0 Å². The quantitative estimate of drug-likeness (QED) is 0.576. The number of piperidine rings is 1. The summed E-state index contributed by atoms with van der Waals surface area (Å²) in [4.78, 5) is 20.6. The predicted octanol–water partition coefficient (Wildman–Crippen LogP) is 4.69. The number of aromatic nitrogens is 4. The lowest BCUT2D eigenvalue weighted by Crippen LogP contribution is -2.51. The van der Waals surface area contributed by atoms with Crippen molar-refractivity contribution in [2.75, 3.05) is 18.4 Å². The molecule has 1 saturated heterocycles. The summed E-state index contributed by atoms with van der Waals surface area (Å²) in [6, 6.07) is 7.06. The van der Waals surface area contributed by atoms with Crippen molar-refractivity contribution in [2.45, 2.75) is 32.0 Å². The molecule has 3 aromatic rings. The van der Waals surface area contributed by atoms with E-state index in [-0.39, 0.29) is 17.9 Å². The van der Waals surface area contributed by atoms with Gasteiger partial charge in [0.15, 0.2) is 0 Å². The second-order valence-electron chi connectivity index (χ2n) is 7.98. The Morgan fingerprint density at radius 2 is 1.97 bits per heavy atom. The van der Waals surface area contributed by atoms with Gasteiger partial charge in [-0.1, -0.05) is 18.5 Å². The molecular formula is C22H22ClF3N6O. The minimum atomic E-state index is -4.44. The van der Waals surface area contributed by atoms with E-state index >= 15 is 0 Å². The van der Waals surface area contributed by atoms with Crippen LogP contribution in [0, 0.1) is 5.92 Å².